The summed E-state index contributed by atoms with van der Waals surface area (Å²) in [5, 5.41) is 20.8. The van der Waals surface area contributed by atoms with Crippen molar-refractivity contribution in [3.8, 4) is 23.3 Å². The van der Waals surface area contributed by atoms with Gasteiger partial charge < -0.3 is 9.30 Å². The van der Waals surface area contributed by atoms with E-state index in [1.54, 1.807) is 17.5 Å². The minimum absolute atomic E-state index is 0.175. The fourth-order valence-electron chi connectivity index (χ4n) is 3.80. The summed E-state index contributed by atoms with van der Waals surface area (Å²) in [6, 6.07) is 20.9. The lowest BCUT2D eigenvalue weighted by atomic mass is 9.99. The Morgan fingerprint density at radius 3 is 2.39 bits per heavy atom. The molecule has 4 rings (SSSR count). The van der Waals surface area contributed by atoms with Gasteiger partial charge in [0, 0.05) is 22.3 Å². The van der Waals surface area contributed by atoms with Gasteiger partial charge in [-0.2, -0.15) is 10.5 Å². The smallest absolute Gasteiger partial charge is 0.340 e. The minimum atomic E-state index is -0.408. The summed E-state index contributed by atoms with van der Waals surface area (Å²) in [6.07, 6.45) is 0. The SMILES string of the molecule is Cc1c(C(=O)OCc2ccccc2)c(-c2ccc(C#N)cc2)c(C)n1Cc1nc(C#N)cs1. The average molecular weight is 453 g/mol. The first-order valence-electron chi connectivity index (χ1n) is 10.3. The van der Waals surface area contributed by atoms with E-state index in [4.69, 9.17) is 15.3 Å². The lowest BCUT2D eigenvalue weighted by Crippen LogP contribution is -2.09. The highest BCUT2D eigenvalue weighted by atomic mass is 32.1. The van der Waals surface area contributed by atoms with Gasteiger partial charge in [0.1, 0.15) is 17.7 Å². The van der Waals surface area contributed by atoms with Gasteiger partial charge in [0.25, 0.3) is 0 Å². The fourth-order valence-corrected chi connectivity index (χ4v) is 4.51. The second-order valence-electron chi connectivity index (χ2n) is 7.50. The predicted octanol–water partition coefficient (Wildman–Crippen LogP) is 5.38. The first-order valence-corrected chi connectivity index (χ1v) is 11.2. The van der Waals surface area contributed by atoms with Crippen LogP contribution in [0, 0.1) is 36.5 Å². The van der Waals surface area contributed by atoms with E-state index in [1.165, 1.54) is 11.3 Å². The number of rotatable bonds is 6. The Morgan fingerprint density at radius 2 is 1.76 bits per heavy atom. The molecule has 2 aromatic heterocycles. The molecule has 0 saturated heterocycles. The summed E-state index contributed by atoms with van der Waals surface area (Å²) >= 11 is 1.41. The lowest BCUT2D eigenvalue weighted by Gasteiger charge is -2.08. The number of nitrogens with zero attached hydrogens (tertiary/aromatic N) is 4. The quantitative estimate of drug-likeness (QED) is 0.366. The molecule has 0 aliphatic rings. The molecule has 0 aliphatic carbocycles. The molecule has 0 bridgehead atoms. The van der Waals surface area contributed by atoms with E-state index in [0.29, 0.717) is 23.4 Å². The van der Waals surface area contributed by atoms with Gasteiger partial charge >= 0.3 is 5.97 Å². The number of hydrogen-bond donors (Lipinski definition) is 0. The monoisotopic (exact) mass is 452 g/mol. The molecule has 0 radical (unpaired) electrons. The largest absolute Gasteiger partial charge is 0.457 e. The summed E-state index contributed by atoms with van der Waals surface area (Å²) in [5.41, 5.74) is 5.58. The molecule has 0 aliphatic heterocycles. The third-order valence-electron chi connectivity index (χ3n) is 5.46. The molecule has 0 amide bonds. The number of aromatic nitrogens is 2. The summed E-state index contributed by atoms with van der Waals surface area (Å²) < 4.78 is 7.70. The number of carbonyl (C=O) groups is 1. The van der Waals surface area contributed by atoms with Crippen molar-refractivity contribution < 1.29 is 9.53 Å². The molecule has 0 fully saturated rings. The van der Waals surface area contributed by atoms with E-state index in [2.05, 4.69) is 17.1 Å². The Bertz CT molecular complexity index is 1390. The molecule has 0 atom stereocenters. The summed E-state index contributed by atoms with van der Waals surface area (Å²) in [7, 11) is 0. The second kappa shape index (κ2) is 9.52. The van der Waals surface area contributed by atoms with Gasteiger partial charge in [0.15, 0.2) is 5.69 Å². The molecule has 0 unspecified atom stereocenters. The second-order valence-corrected chi connectivity index (χ2v) is 8.44. The molecule has 2 heterocycles. The van der Waals surface area contributed by atoms with Crippen LogP contribution in [0.2, 0.25) is 0 Å². The van der Waals surface area contributed by atoms with Crippen LogP contribution in [-0.2, 0) is 17.9 Å². The minimum Gasteiger partial charge on any atom is -0.457 e. The summed E-state index contributed by atoms with van der Waals surface area (Å²) in [6.45, 7) is 4.46. The number of thiazole rings is 1. The zero-order chi connectivity index (χ0) is 23.4. The van der Waals surface area contributed by atoms with Gasteiger partial charge in [-0.15, -0.1) is 11.3 Å². The molecule has 162 valence electrons. The fraction of sp³-hybridized carbons (Fsp3) is 0.154. The van der Waals surface area contributed by atoms with Crippen molar-refractivity contribution in [2.24, 2.45) is 0 Å². The maximum absolute atomic E-state index is 13.3. The van der Waals surface area contributed by atoms with Gasteiger partial charge in [0.2, 0.25) is 0 Å². The van der Waals surface area contributed by atoms with E-state index in [0.717, 1.165) is 33.1 Å². The van der Waals surface area contributed by atoms with Crippen LogP contribution in [0.25, 0.3) is 11.1 Å². The van der Waals surface area contributed by atoms with Crippen LogP contribution in [0.1, 0.15) is 43.6 Å². The van der Waals surface area contributed by atoms with E-state index in [9.17, 15) is 4.79 Å². The maximum Gasteiger partial charge on any atom is 0.340 e. The zero-order valence-corrected chi connectivity index (χ0v) is 19.0. The van der Waals surface area contributed by atoms with Crippen LogP contribution in [0.5, 0.6) is 0 Å². The summed E-state index contributed by atoms with van der Waals surface area (Å²) in [5.74, 6) is -0.408. The topological polar surface area (TPSA) is 91.7 Å². The number of esters is 1. The first-order chi connectivity index (χ1) is 16.0. The Balaban J connectivity index is 1.75. The van der Waals surface area contributed by atoms with E-state index in [-0.39, 0.29) is 6.61 Å². The van der Waals surface area contributed by atoms with Crippen molar-refractivity contribution in [1.82, 2.24) is 9.55 Å². The van der Waals surface area contributed by atoms with Crippen molar-refractivity contribution in [2.75, 3.05) is 0 Å². The van der Waals surface area contributed by atoms with Crippen molar-refractivity contribution in [3.63, 3.8) is 0 Å². The van der Waals surface area contributed by atoms with E-state index < -0.39 is 5.97 Å². The number of ether oxygens (including phenoxy) is 1. The highest BCUT2D eigenvalue weighted by Gasteiger charge is 2.26. The van der Waals surface area contributed by atoms with Crippen LogP contribution >= 0.6 is 11.3 Å². The van der Waals surface area contributed by atoms with E-state index >= 15 is 0 Å². The van der Waals surface area contributed by atoms with Crippen molar-refractivity contribution in [1.29, 1.82) is 10.5 Å². The maximum atomic E-state index is 13.3. The van der Waals surface area contributed by atoms with Gasteiger partial charge in [-0.1, -0.05) is 42.5 Å². The van der Waals surface area contributed by atoms with Crippen molar-refractivity contribution in [2.45, 2.75) is 27.0 Å². The van der Waals surface area contributed by atoms with E-state index in [1.807, 2.05) is 60.9 Å². The highest BCUT2D eigenvalue weighted by Crippen LogP contribution is 2.34. The third kappa shape index (κ3) is 4.55. The van der Waals surface area contributed by atoms with Crippen LogP contribution < -0.4 is 0 Å². The standard InChI is InChI=1S/C26H20N4O2S/c1-17-24(21-10-8-19(12-27)9-11-21)25(26(31)32-15-20-6-4-3-5-7-20)18(2)30(17)14-23-29-22(13-28)16-33-23/h3-11,16H,14-15H2,1-2H3. The van der Waals surface area contributed by atoms with Crippen molar-refractivity contribution in [3.05, 3.63) is 98.8 Å². The molecule has 2 aromatic carbocycles. The molecular weight excluding hydrogens is 432 g/mol. The summed E-state index contributed by atoms with van der Waals surface area (Å²) in [4.78, 5) is 17.6. The Kier molecular flexibility index (Phi) is 6.35. The number of carbonyl (C=O) groups excluding carboxylic acids is 1. The number of benzene rings is 2. The lowest BCUT2D eigenvalue weighted by molar-refractivity contribution is 0.0472. The Hall–Kier alpha value is -4.20. The average Bonchev–Trinajstić information content (AvgIpc) is 3.41. The van der Waals surface area contributed by atoms with Gasteiger partial charge in [0.05, 0.1) is 23.7 Å². The molecule has 0 N–H and O–H groups in total. The Labute approximate surface area is 195 Å². The molecule has 0 spiro atoms. The van der Waals surface area contributed by atoms with Crippen LogP contribution in [0.4, 0.5) is 0 Å². The van der Waals surface area contributed by atoms with Crippen LogP contribution in [0.15, 0.2) is 60.0 Å². The molecule has 7 heteroatoms. The molecule has 0 saturated carbocycles. The number of nitriles is 2. The molecule has 6 nitrogen and oxygen atoms in total. The van der Waals surface area contributed by atoms with Crippen molar-refractivity contribution >= 4 is 17.3 Å². The first kappa shape index (κ1) is 22.0. The third-order valence-corrected chi connectivity index (χ3v) is 6.30. The molecule has 33 heavy (non-hydrogen) atoms. The zero-order valence-electron chi connectivity index (χ0n) is 18.2. The van der Waals surface area contributed by atoms with Gasteiger partial charge in [-0.25, -0.2) is 9.78 Å². The Morgan fingerprint density at radius 1 is 1.03 bits per heavy atom. The number of hydrogen-bond acceptors (Lipinski definition) is 6. The van der Waals surface area contributed by atoms with Gasteiger partial charge in [-0.05, 0) is 37.1 Å². The normalized spacial score (nSPS) is 10.4. The molecular formula is C26H20N4O2S. The molecule has 4 aromatic rings. The van der Waals surface area contributed by atoms with Crippen LogP contribution in [0.3, 0.4) is 0 Å². The van der Waals surface area contributed by atoms with Crippen LogP contribution in [-0.4, -0.2) is 15.5 Å². The predicted molar refractivity (Wildman–Crippen MR) is 126 cm³/mol. The highest BCUT2D eigenvalue weighted by molar-refractivity contribution is 7.09. The van der Waals surface area contributed by atoms with Gasteiger partial charge in [-0.3, -0.25) is 0 Å².